The van der Waals surface area contributed by atoms with Gasteiger partial charge in [0.2, 0.25) is 0 Å². The molecule has 9 aromatic carbocycles. The van der Waals surface area contributed by atoms with Crippen molar-refractivity contribution in [3.63, 3.8) is 0 Å². The predicted octanol–water partition coefficient (Wildman–Crippen LogP) is 21.1. The molecule has 9 aromatic rings. The molecule has 4 nitrogen and oxygen atoms in total. The van der Waals surface area contributed by atoms with E-state index in [1.807, 2.05) is 0 Å². The first-order valence-corrected chi connectivity index (χ1v) is 33.6. The van der Waals surface area contributed by atoms with Gasteiger partial charge in [0.1, 0.15) is 0 Å². The molecule has 0 radical (unpaired) electrons. The average Bonchev–Trinajstić information content (AvgIpc) is 1.69. The molecule has 4 atom stereocenters. The standard InChI is InChI=1S/C84H91BN4/c1-54-46-55(2)77-67(47-54)82(13)43-23-25-45-84(82,15)89(77)64-52-74-76-75(53-64)87(70-41-34-60(79(6,7)8)49-65(70)57-28-20-17-21-29-57)72-50-61(80(9,10)11)33-38-68(72)85(76)69-39-37-63(51-73(69)86(74)62-35-31-59(32-36-62)78(3,4)5)88-71-40-30-58(56-26-18-16-19-27-56)48-66(71)81(12)42-22-24-44-83(81,88)14/h16-21,26-41,46-53H,22-25,42-45H2,1-15H3. The highest BCUT2D eigenvalue weighted by Crippen LogP contribution is 2.65. The number of hydrogen-bond acceptors (Lipinski definition) is 4. The molecular formula is C84H91BN4. The third-order valence-electron chi connectivity index (χ3n) is 23.3. The second-order valence-electron chi connectivity index (χ2n) is 31.8. The molecule has 0 spiro atoms. The third kappa shape index (κ3) is 8.51. The van der Waals surface area contributed by atoms with E-state index in [0.717, 1.165) is 19.3 Å². The summed E-state index contributed by atoms with van der Waals surface area (Å²) in [4.78, 5) is 11.1. The van der Waals surface area contributed by atoms with Crippen molar-refractivity contribution in [2.45, 2.75) is 193 Å². The van der Waals surface area contributed by atoms with Crippen molar-refractivity contribution in [2.75, 3.05) is 19.6 Å². The van der Waals surface area contributed by atoms with Gasteiger partial charge in [-0.25, -0.2) is 0 Å². The van der Waals surface area contributed by atoms with Crippen LogP contribution in [0.25, 0.3) is 22.3 Å². The van der Waals surface area contributed by atoms with Crippen LogP contribution in [0, 0.1) is 13.8 Å². The maximum atomic E-state index is 2.88. The number of hydrogen-bond donors (Lipinski definition) is 0. The highest BCUT2D eigenvalue weighted by Gasteiger charge is 2.60. The number of nitrogens with zero attached hydrogens (tertiary/aromatic N) is 4. The lowest BCUT2D eigenvalue weighted by Crippen LogP contribution is -2.62. The zero-order valence-corrected chi connectivity index (χ0v) is 55.8. The van der Waals surface area contributed by atoms with Crippen LogP contribution in [0.4, 0.5) is 56.9 Å². The maximum absolute atomic E-state index is 2.88. The highest BCUT2D eigenvalue weighted by molar-refractivity contribution is 7.00. The smallest absolute Gasteiger partial charge is 0.252 e. The summed E-state index contributed by atoms with van der Waals surface area (Å²) in [5.74, 6) is 0. The lowest BCUT2D eigenvalue weighted by Gasteiger charge is -2.51. The van der Waals surface area contributed by atoms with Gasteiger partial charge in [-0.3, -0.25) is 0 Å². The Morgan fingerprint density at radius 3 is 1.52 bits per heavy atom. The van der Waals surface area contributed by atoms with Gasteiger partial charge in [-0.2, -0.15) is 0 Å². The molecule has 5 heteroatoms. The fourth-order valence-electron chi connectivity index (χ4n) is 18.0. The Labute approximate surface area is 533 Å². The lowest BCUT2D eigenvalue weighted by atomic mass is 9.33. The van der Waals surface area contributed by atoms with E-state index in [-0.39, 0.29) is 44.9 Å². The molecule has 2 fully saturated rings. The van der Waals surface area contributed by atoms with Crippen molar-refractivity contribution >= 4 is 80.0 Å². The summed E-state index contributed by atoms with van der Waals surface area (Å²) in [6.07, 6.45) is 9.46. The van der Waals surface area contributed by atoms with Crippen LogP contribution in [-0.4, -0.2) is 17.8 Å². The Balaban J connectivity index is 1.06. The van der Waals surface area contributed by atoms with Crippen LogP contribution in [0.3, 0.4) is 0 Å². The molecule has 0 aromatic heterocycles. The molecule has 2 saturated carbocycles. The molecule has 0 N–H and O–H groups in total. The van der Waals surface area contributed by atoms with Crippen LogP contribution in [0.2, 0.25) is 0 Å². The van der Waals surface area contributed by atoms with Crippen LogP contribution >= 0.6 is 0 Å². The fraction of sp³-hybridized carbons (Fsp3) is 0.357. The monoisotopic (exact) mass is 1170 g/mol. The Morgan fingerprint density at radius 2 is 0.876 bits per heavy atom. The first kappa shape index (κ1) is 57.7. The van der Waals surface area contributed by atoms with Crippen LogP contribution in [0.1, 0.15) is 180 Å². The molecule has 2 aliphatic carbocycles. The summed E-state index contributed by atoms with van der Waals surface area (Å²) in [5, 5.41) is 0. The van der Waals surface area contributed by atoms with E-state index < -0.39 is 0 Å². The Hall–Kier alpha value is -7.76. The van der Waals surface area contributed by atoms with Gasteiger partial charge >= 0.3 is 0 Å². The van der Waals surface area contributed by atoms with Crippen molar-refractivity contribution in [2.24, 2.45) is 0 Å². The molecule has 4 unspecified atom stereocenters. The van der Waals surface area contributed by atoms with Crippen LogP contribution in [0.15, 0.2) is 182 Å². The summed E-state index contributed by atoms with van der Waals surface area (Å²) in [5.41, 5.74) is 30.8. The molecule has 6 aliphatic rings. The summed E-state index contributed by atoms with van der Waals surface area (Å²) in [7, 11) is 0. The third-order valence-corrected chi connectivity index (χ3v) is 23.3. The lowest BCUT2D eigenvalue weighted by molar-refractivity contribution is 0.195. The van der Waals surface area contributed by atoms with E-state index in [1.54, 1.807) is 0 Å². The minimum absolute atomic E-state index is 0.0160. The van der Waals surface area contributed by atoms with Crippen molar-refractivity contribution in [3.8, 4) is 22.3 Å². The van der Waals surface area contributed by atoms with Gasteiger partial charge in [-0.05, 0) is 203 Å². The van der Waals surface area contributed by atoms with Gasteiger partial charge in [0.05, 0.1) is 16.8 Å². The Bertz CT molecular complexity index is 4330. The molecule has 0 amide bonds. The summed E-state index contributed by atoms with van der Waals surface area (Å²) >= 11 is 0. The predicted molar refractivity (Wildman–Crippen MR) is 383 cm³/mol. The van der Waals surface area contributed by atoms with E-state index in [4.69, 9.17) is 0 Å². The van der Waals surface area contributed by atoms with Gasteiger partial charge in [0.15, 0.2) is 0 Å². The normalized spacial score (nSPS) is 22.5. The largest absolute Gasteiger partial charge is 0.334 e. The molecule has 450 valence electrons. The number of fused-ring (bicyclic) bond motifs is 10. The molecular weight excluding hydrogens is 1080 g/mol. The highest BCUT2D eigenvalue weighted by atomic mass is 15.3. The van der Waals surface area contributed by atoms with Crippen molar-refractivity contribution < 1.29 is 0 Å². The second-order valence-corrected chi connectivity index (χ2v) is 31.8. The number of anilines is 10. The van der Waals surface area contributed by atoms with Crippen LogP contribution in [-0.2, 0) is 27.1 Å². The van der Waals surface area contributed by atoms with Gasteiger partial charge in [0.25, 0.3) is 6.71 Å². The summed E-state index contributed by atoms with van der Waals surface area (Å²) < 4.78 is 0. The van der Waals surface area contributed by atoms with Gasteiger partial charge < -0.3 is 19.6 Å². The fourth-order valence-corrected chi connectivity index (χ4v) is 18.0. The van der Waals surface area contributed by atoms with E-state index in [2.05, 4.69) is 305 Å². The summed E-state index contributed by atoms with van der Waals surface area (Å²) in [6, 6.07) is 72.4. The molecule has 89 heavy (non-hydrogen) atoms. The van der Waals surface area contributed by atoms with Crippen molar-refractivity contribution in [1.29, 1.82) is 0 Å². The Morgan fingerprint density at radius 1 is 0.371 bits per heavy atom. The van der Waals surface area contributed by atoms with E-state index >= 15 is 0 Å². The minimum atomic E-state index is -0.183. The van der Waals surface area contributed by atoms with Gasteiger partial charge in [-0.15, -0.1) is 0 Å². The SMILES string of the molecule is Cc1cc(C)c2c(c1)C1(C)CCCCC1(C)N2c1cc2c3c(c1)N(c1ccc(C(C)(C)C)cc1-c1ccccc1)c1cc(C(C)(C)C)ccc1B3c1ccc(N3c4ccc(-c5ccccc5)cc4C4(C)CCCCC34C)cc1N2c1ccc(C(C)(C)C)cc1. The van der Waals surface area contributed by atoms with Crippen LogP contribution in [0.5, 0.6) is 0 Å². The van der Waals surface area contributed by atoms with E-state index in [0.29, 0.717) is 0 Å². The summed E-state index contributed by atoms with van der Waals surface area (Å²) in [6.45, 7) is 36.3. The average molecular weight is 1170 g/mol. The molecule has 15 rings (SSSR count). The Kier molecular flexibility index (Phi) is 12.9. The maximum Gasteiger partial charge on any atom is 0.252 e. The van der Waals surface area contributed by atoms with E-state index in [1.165, 1.54) is 167 Å². The van der Waals surface area contributed by atoms with Gasteiger partial charge in [0, 0.05) is 67.6 Å². The molecule has 0 bridgehead atoms. The van der Waals surface area contributed by atoms with Crippen molar-refractivity contribution in [3.05, 3.63) is 221 Å². The minimum Gasteiger partial charge on any atom is -0.334 e. The van der Waals surface area contributed by atoms with Crippen molar-refractivity contribution in [1.82, 2.24) is 0 Å². The molecule has 4 heterocycles. The van der Waals surface area contributed by atoms with Crippen LogP contribution < -0.4 is 36.0 Å². The second kappa shape index (κ2) is 19.9. The van der Waals surface area contributed by atoms with Gasteiger partial charge in [-0.1, -0.05) is 223 Å². The number of aryl methyl sites for hydroxylation is 2. The zero-order valence-electron chi connectivity index (χ0n) is 55.8. The quantitative estimate of drug-likeness (QED) is 0.154. The first-order chi connectivity index (χ1) is 42.3. The number of rotatable bonds is 6. The topological polar surface area (TPSA) is 13.0 Å². The van der Waals surface area contributed by atoms with E-state index in [9.17, 15) is 0 Å². The molecule has 0 saturated heterocycles. The zero-order chi connectivity index (χ0) is 62.1. The molecule has 4 aliphatic heterocycles. The first-order valence-electron chi connectivity index (χ1n) is 33.6. The number of benzene rings is 9.